The van der Waals surface area contributed by atoms with Crippen LogP contribution >= 0.6 is 11.3 Å². The van der Waals surface area contributed by atoms with Gasteiger partial charge in [-0.25, -0.2) is 0 Å². The molecule has 252 valence electrons. The predicted molar refractivity (Wildman–Crippen MR) is 235 cm³/mol. The third-order valence-corrected chi connectivity index (χ3v) is 12.3. The van der Waals surface area contributed by atoms with Crippen LogP contribution in [-0.4, -0.2) is 0 Å². The molecule has 0 unspecified atom stereocenters. The second-order valence-corrected chi connectivity index (χ2v) is 15.2. The number of hydrogen-bond donors (Lipinski definition) is 0. The summed E-state index contributed by atoms with van der Waals surface area (Å²) >= 11 is 1.89. The minimum absolute atomic E-state index is 1.12. The highest BCUT2D eigenvalue weighted by Crippen LogP contribution is 2.43. The van der Waals surface area contributed by atoms with E-state index in [-0.39, 0.29) is 0 Å². The monoisotopic (exact) mass is 703 g/mol. The van der Waals surface area contributed by atoms with Gasteiger partial charge in [0.1, 0.15) is 0 Å². The molecule has 1 nitrogen and oxygen atoms in total. The van der Waals surface area contributed by atoms with Crippen molar-refractivity contribution in [3.8, 4) is 22.3 Å². The maximum absolute atomic E-state index is 2.40. The molecule has 10 aromatic carbocycles. The Hall–Kier alpha value is -6.74. The normalized spacial score (nSPS) is 11.7. The zero-order chi connectivity index (χ0) is 35.6. The van der Waals surface area contributed by atoms with Gasteiger partial charge < -0.3 is 4.90 Å². The summed E-state index contributed by atoms with van der Waals surface area (Å²) in [7, 11) is 0. The van der Waals surface area contributed by atoms with E-state index < -0.39 is 0 Å². The molecular formula is C52H33NS. The molecule has 54 heavy (non-hydrogen) atoms. The van der Waals surface area contributed by atoms with Gasteiger partial charge in [0, 0.05) is 42.6 Å². The van der Waals surface area contributed by atoms with Crippen LogP contribution in [0.4, 0.5) is 17.1 Å². The van der Waals surface area contributed by atoms with Gasteiger partial charge in [0.25, 0.3) is 0 Å². The fourth-order valence-corrected chi connectivity index (χ4v) is 9.57. The molecule has 0 spiro atoms. The molecule has 0 fully saturated rings. The molecule has 0 atom stereocenters. The largest absolute Gasteiger partial charge is 0.310 e. The van der Waals surface area contributed by atoms with Crippen LogP contribution in [0.1, 0.15) is 0 Å². The molecule has 0 radical (unpaired) electrons. The van der Waals surface area contributed by atoms with Crippen molar-refractivity contribution in [1.29, 1.82) is 0 Å². The fourth-order valence-electron chi connectivity index (χ4n) is 8.34. The highest BCUT2D eigenvalue weighted by atomic mass is 32.1. The zero-order valence-electron chi connectivity index (χ0n) is 29.4. The second kappa shape index (κ2) is 12.4. The summed E-state index contributed by atoms with van der Waals surface area (Å²) in [5.41, 5.74) is 8.24. The average molecular weight is 704 g/mol. The molecule has 11 aromatic rings. The van der Waals surface area contributed by atoms with E-state index in [1.54, 1.807) is 0 Å². The standard InChI is InChI=1S/C52H33NS/c1-3-11-44-35(8-1)10-7-14-46(44)37-20-27-42(28-21-37)53(43-29-22-38-23-31-49-48-13-5-6-15-51(48)54-52(49)50(38)33-43)41-25-18-34(19-26-41)39-24-30-47-40(32-39)17-16-36-9-2-4-12-45(36)47/h1-33H. The van der Waals surface area contributed by atoms with Gasteiger partial charge in [0.15, 0.2) is 0 Å². The van der Waals surface area contributed by atoms with Crippen molar-refractivity contribution in [2.45, 2.75) is 0 Å². The van der Waals surface area contributed by atoms with Crippen LogP contribution in [0.3, 0.4) is 0 Å². The van der Waals surface area contributed by atoms with E-state index in [9.17, 15) is 0 Å². The minimum atomic E-state index is 1.12. The van der Waals surface area contributed by atoms with Gasteiger partial charge in [0.05, 0.1) is 0 Å². The molecule has 0 aliphatic heterocycles. The van der Waals surface area contributed by atoms with E-state index in [0.29, 0.717) is 0 Å². The smallest absolute Gasteiger partial charge is 0.0468 e. The van der Waals surface area contributed by atoms with Crippen molar-refractivity contribution in [3.63, 3.8) is 0 Å². The summed E-state index contributed by atoms with van der Waals surface area (Å²) in [6.07, 6.45) is 0. The summed E-state index contributed by atoms with van der Waals surface area (Å²) < 4.78 is 2.66. The molecule has 0 bridgehead atoms. The molecule has 1 heterocycles. The van der Waals surface area contributed by atoms with E-state index >= 15 is 0 Å². The third kappa shape index (κ3) is 5.07. The van der Waals surface area contributed by atoms with Crippen LogP contribution in [-0.2, 0) is 0 Å². The zero-order valence-corrected chi connectivity index (χ0v) is 30.2. The first-order valence-corrected chi connectivity index (χ1v) is 19.3. The number of thiophene rings is 1. The van der Waals surface area contributed by atoms with Crippen molar-refractivity contribution in [2.75, 3.05) is 4.90 Å². The molecule has 0 aliphatic rings. The predicted octanol–water partition coefficient (Wildman–Crippen LogP) is 15.5. The van der Waals surface area contributed by atoms with Crippen LogP contribution in [0.5, 0.6) is 0 Å². The van der Waals surface area contributed by atoms with E-state index in [4.69, 9.17) is 0 Å². The summed E-state index contributed by atoms with van der Waals surface area (Å²) in [5, 5.41) is 12.8. The molecule has 0 amide bonds. The second-order valence-electron chi connectivity index (χ2n) is 14.1. The Balaban J connectivity index is 1.04. The quantitative estimate of drug-likeness (QED) is 0.161. The molecule has 0 saturated heterocycles. The number of fused-ring (bicyclic) bond motifs is 9. The Kier molecular flexibility index (Phi) is 7.11. The summed E-state index contributed by atoms with van der Waals surface area (Å²) in [5.74, 6) is 0. The first-order valence-electron chi connectivity index (χ1n) is 18.5. The Morgan fingerprint density at radius 3 is 1.65 bits per heavy atom. The van der Waals surface area contributed by atoms with Gasteiger partial charge in [-0.3, -0.25) is 0 Å². The van der Waals surface area contributed by atoms with E-state index in [0.717, 1.165) is 17.1 Å². The number of anilines is 3. The molecule has 2 heteroatoms. The highest BCUT2D eigenvalue weighted by molar-refractivity contribution is 7.26. The van der Waals surface area contributed by atoms with Gasteiger partial charge in [-0.05, 0) is 108 Å². The van der Waals surface area contributed by atoms with E-state index in [1.807, 2.05) is 11.3 Å². The lowest BCUT2D eigenvalue weighted by molar-refractivity contribution is 1.29. The summed E-state index contributed by atoms with van der Waals surface area (Å²) in [6, 6.07) is 73.5. The molecule has 1 aromatic heterocycles. The van der Waals surface area contributed by atoms with E-state index in [1.165, 1.54) is 85.5 Å². The molecule has 0 aliphatic carbocycles. The van der Waals surface area contributed by atoms with Gasteiger partial charge in [0.2, 0.25) is 0 Å². The number of nitrogens with zero attached hydrogens (tertiary/aromatic N) is 1. The van der Waals surface area contributed by atoms with Crippen molar-refractivity contribution in [1.82, 2.24) is 0 Å². The van der Waals surface area contributed by atoms with Gasteiger partial charge >= 0.3 is 0 Å². The minimum Gasteiger partial charge on any atom is -0.310 e. The molecule has 0 saturated carbocycles. The van der Waals surface area contributed by atoms with Gasteiger partial charge in [-0.1, -0.05) is 152 Å². The molecule has 11 rings (SSSR count). The number of hydrogen-bond acceptors (Lipinski definition) is 2. The van der Waals surface area contributed by atoms with Crippen molar-refractivity contribution < 1.29 is 0 Å². The number of benzene rings is 10. The van der Waals surface area contributed by atoms with Crippen molar-refractivity contribution in [2.24, 2.45) is 0 Å². The maximum Gasteiger partial charge on any atom is 0.0468 e. The molecular weight excluding hydrogens is 671 g/mol. The Morgan fingerprint density at radius 1 is 0.296 bits per heavy atom. The van der Waals surface area contributed by atoms with Crippen LogP contribution in [0.15, 0.2) is 200 Å². The van der Waals surface area contributed by atoms with Crippen LogP contribution in [0.25, 0.3) is 85.5 Å². The third-order valence-electron chi connectivity index (χ3n) is 11.0. The van der Waals surface area contributed by atoms with Crippen molar-refractivity contribution in [3.05, 3.63) is 200 Å². The van der Waals surface area contributed by atoms with E-state index in [2.05, 4.69) is 205 Å². The van der Waals surface area contributed by atoms with Crippen LogP contribution in [0.2, 0.25) is 0 Å². The maximum atomic E-state index is 2.40. The molecule has 0 N–H and O–H groups in total. The Bertz CT molecular complexity index is 3200. The first kappa shape index (κ1) is 30.8. The SMILES string of the molecule is c1ccc2c(-c3ccc(N(c4ccc(-c5ccc6c(ccc7ccccc76)c5)cc4)c4ccc5ccc6c7ccccc7sc6c5c4)cc3)cccc2c1. The average Bonchev–Trinajstić information content (AvgIpc) is 3.63. The topological polar surface area (TPSA) is 3.24 Å². The van der Waals surface area contributed by atoms with Gasteiger partial charge in [-0.15, -0.1) is 11.3 Å². The Morgan fingerprint density at radius 2 is 0.833 bits per heavy atom. The lowest BCUT2D eigenvalue weighted by Crippen LogP contribution is -2.09. The fraction of sp³-hybridized carbons (Fsp3) is 0. The first-order chi connectivity index (χ1) is 26.7. The van der Waals surface area contributed by atoms with Crippen LogP contribution < -0.4 is 4.90 Å². The lowest BCUT2D eigenvalue weighted by Gasteiger charge is -2.26. The Labute approximate surface area is 317 Å². The van der Waals surface area contributed by atoms with Crippen LogP contribution in [0, 0.1) is 0 Å². The lowest BCUT2D eigenvalue weighted by atomic mass is 9.97. The van der Waals surface area contributed by atoms with Gasteiger partial charge in [-0.2, -0.15) is 0 Å². The highest BCUT2D eigenvalue weighted by Gasteiger charge is 2.16. The summed E-state index contributed by atoms with van der Waals surface area (Å²) in [6.45, 7) is 0. The number of rotatable bonds is 5. The van der Waals surface area contributed by atoms with Crippen molar-refractivity contribution >= 4 is 91.7 Å². The summed E-state index contributed by atoms with van der Waals surface area (Å²) in [4.78, 5) is 2.40.